The van der Waals surface area contributed by atoms with Crippen LogP contribution in [-0.2, 0) is 7.05 Å². The van der Waals surface area contributed by atoms with Gasteiger partial charge in [0, 0.05) is 18.8 Å². The second-order valence-electron chi connectivity index (χ2n) is 4.42. The Morgan fingerprint density at radius 3 is 2.47 bits per heavy atom. The zero-order valence-corrected chi connectivity index (χ0v) is 11.5. The fraction of sp³-hybridized carbons (Fsp3) is 0.286. The van der Waals surface area contributed by atoms with Crippen molar-refractivity contribution in [3.05, 3.63) is 41.1 Å². The van der Waals surface area contributed by atoms with Crippen LogP contribution in [0.15, 0.2) is 24.3 Å². The lowest BCUT2D eigenvalue weighted by molar-refractivity contribution is 0.102. The number of nitrogens with one attached hydrogen (secondary N) is 1. The van der Waals surface area contributed by atoms with Gasteiger partial charge >= 0.3 is 0 Å². The number of benzene rings is 1. The normalized spacial score (nSPS) is 10.3. The Kier molecular flexibility index (Phi) is 3.55. The van der Waals surface area contributed by atoms with E-state index in [1.165, 1.54) is 4.68 Å². The van der Waals surface area contributed by atoms with Gasteiger partial charge < -0.3 is 10.1 Å². The minimum atomic E-state index is -0.240. The molecule has 1 aromatic carbocycles. The van der Waals surface area contributed by atoms with Crippen LogP contribution in [0.4, 0.5) is 5.69 Å². The molecule has 100 valence electrons. The Bertz CT molecular complexity index is 597. The lowest BCUT2D eigenvalue weighted by Gasteiger charge is -2.09. The van der Waals surface area contributed by atoms with Gasteiger partial charge in [-0.05, 0) is 25.0 Å². The maximum atomic E-state index is 12.2. The number of hydrogen-bond donors (Lipinski definition) is 1. The molecule has 19 heavy (non-hydrogen) atoms. The van der Waals surface area contributed by atoms with Crippen molar-refractivity contribution in [2.24, 2.45) is 7.05 Å². The number of rotatable bonds is 3. The fourth-order valence-corrected chi connectivity index (χ4v) is 1.94. The molecule has 5 heteroatoms. The van der Waals surface area contributed by atoms with Crippen LogP contribution in [0.25, 0.3) is 0 Å². The SMILES string of the molecule is COc1cc(C(=O)Nc2c(C)cccc2C)nn1C. The van der Waals surface area contributed by atoms with E-state index < -0.39 is 0 Å². The van der Waals surface area contributed by atoms with Crippen LogP contribution in [0, 0.1) is 13.8 Å². The first-order chi connectivity index (χ1) is 9.02. The van der Waals surface area contributed by atoms with E-state index in [-0.39, 0.29) is 5.91 Å². The smallest absolute Gasteiger partial charge is 0.276 e. The van der Waals surface area contributed by atoms with Crippen molar-refractivity contribution in [3.63, 3.8) is 0 Å². The molecule has 2 rings (SSSR count). The van der Waals surface area contributed by atoms with Crippen LogP contribution in [-0.4, -0.2) is 22.8 Å². The predicted molar refractivity (Wildman–Crippen MR) is 73.6 cm³/mol. The summed E-state index contributed by atoms with van der Waals surface area (Å²) in [7, 11) is 3.28. The molecule has 0 unspecified atom stereocenters. The number of amides is 1. The summed E-state index contributed by atoms with van der Waals surface area (Å²) in [6.07, 6.45) is 0. The third kappa shape index (κ3) is 2.59. The molecule has 0 radical (unpaired) electrons. The van der Waals surface area contributed by atoms with Crippen LogP contribution in [0.2, 0.25) is 0 Å². The number of ether oxygens (including phenoxy) is 1. The highest BCUT2D eigenvalue weighted by molar-refractivity contribution is 6.03. The predicted octanol–water partition coefficient (Wildman–Crippen LogP) is 2.30. The molecule has 0 saturated heterocycles. The van der Waals surface area contributed by atoms with E-state index in [0.29, 0.717) is 11.6 Å². The Balaban J connectivity index is 2.25. The topological polar surface area (TPSA) is 56.1 Å². The third-order valence-electron chi connectivity index (χ3n) is 3.00. The van der Waals surface area contributed by atoms with Crippen LogP contribution in [0.5, 0.6) is 5.88 Å². The number of methoxy groups -OCH3 is 1. The zero-order valence-electron chi connectivity index (χ0n) is 11.5. The van der Waals surface area contributed by atoms with Crippen molar-refractivity contribution in [2.45, 2.75) is 13.8 Å². The Morgan fingerprint density at radius 2 is 1.95 bits per heavy atom. The molecular weight excluding hydrogens is 242 g/mol. The maximum absolute atomic E-state index is 12.2. The molecule has 0 aliphatic rings. The molecule has 1 heterocycles. The van der Waals surface area contributed by atoms with E-state index in [4.69, 9.17) is 4.74 Å². The van der Waals surface area contributed by atoms with Gasteiger partial charge in [-0.15, -0.1) is 0 Å². The number of anilines is 1. The molecule has 0 fully saturated rings. The van der Waals surface area contributed by atoms with Crippen molar-refractivity contribution < 1.29 is 9.53 Å². The fourth-order valence-electron chi connectivity index (χ4n) is 1.94. The van der Waals surface area contributed by atoms with Crippen LogP contribution < -0.4 is 10.1 Å². The summed E-state index contributed by atoms with van der Waals surface area (Å²) in [5.74, 6) is 0.308. The van der Waals surface area contributed by atoms with E-state index in [9.17, 15) is 4.79 Å². The van der Waals surface area contributed by atoms with Crippen LogP contribution in [0.3, 0.4) is 0 Å². The monoisotopic (exact) mass is 259 g/mol. The summed E-state index contributed by atoms with van der Waals surface area (Å²) in [6.45, 7) is 3.92. The Hall–Kier alpha value is -2.30. The van der Waals surface area contributed by atoms with Gasteiger partial charge in [-0.25, -0.2) is 4.68 Å². The molecule has 0 aliphatic heterocycles. The lowest BCUT2D eigenvalue weighted by atomic mass is 10.1. The van der Waals surface area contributed by atoms with Gasteiger partial charge in [-0.2, -0.15) is 5.10 Å². The molecule has 0 spiro atoms. The van der Waals surface area contributed by atoms with Gasteiger partial charge in [0.05, 0.1) is 7.11 Å². The van der Waals surface area contributed by atoms with Crippen molar-refractivity contribution in [1.29, 1.82) is 0 Å². The first-order valence-electron chi connectivity index (χ1n) is 5.98. The number of nitrogens with zero attached hydrogens (tertiary/aromatic N) is 2. The molecule has 1 amide bonds. The minimum absolute atomic E-state index is 0.240. The molecular formula is C14H17N3O2. The van der Waals surface area contributed by atoms with Crippen molar-refractivity contribution in [3.8, 4) is 5.88 Å². The summed E-state index contributed by atoms with van der Waals surface area (Å²) in [4.78, 5) is 12.2. The number of aromatic nitrogens is 2. The van der Waals surface area contributed by atoms with E-state index in [1.807, 2.05) is 32.0 Å². The first-order valence-corrected chi connectivity index (χ1v) is 5.98. The van der Waals surface area contributed by atoms with Gasteiger partial charge in [0.2, 0.25) is 5.88 Å². The summed E-state index contributed by atoms with van der Waals surface area (Å²) in [5, 5.41) is 7.01. The molecule has 5 nitrogen and oxygen atoms in total. The highest BCUT2D eigenvalue weighted by Crippen LogP contribution is 2.20. The summed E-state index contributed by atoms with van der Waals surface area (Å²) < 4.78 is 6.62. The number of carbonyl (C=O) groups excluding carboxylic acids is 1. The first kappa shape index (κ1) is 13.1. The van der Waals surface area contributed by atoms with Gasteiger partial charge in [0.1, 0.15) is 0 Å². The lowest BCUT2D eigenvalue weighted by Crippen LogP contribution is -2.14. The third-order valence-corrected chi connectivity index (χ3v) is 3.00. The van der Waals surface area contributed by atoms with Crippen LogP contribution >= 0.6 is 0 Å². The summed E-state index contributed by atoms with van der Waals surface area (Å²) >= 11 is 0. The van der Waals surface area contributed by atoms with Crippen molar-refractivity contribution >= 4 is 11.6 Å². The molecule has 0 bridgehead atoms. The van der Waals surface area contributed by atoms with E-state index in [1.54, 1.807) is 20.2 Å². The highest BCUT2D eigenvalue weighted by Gasteiger charge is 2.14. The minimum Gasteiger partial charge on any atom is -0.481 e. The Labute approximate surface area is 112 Å². The van der Waals surface area contributed by atoms with Gasteiger partial charge in [0.15, 0.2) is 5.69 Å². The average Bonchev–Trinajstić information content (AvgIpc) is 2.75. The van der Waals surface area contributed by atoms with Crippen LogP contribution in [0.1, 0.15) is 21.6 Å². The molecule has 0 aliphatic carbocycles. The summed E-state index contributed by atoms with van der Waals surface area (Å²) in [5.41, 5.74) is 3.21. The van der Waals surface area contributed by atoms with Crippen molar-refractivity contribution in [1.82, 2.24) is 9.78 Å². The highest BCUT2D eigenvalue weighted by atomic mass is 16.5. The molecule has 1 N–H and O–H groups in total. The van der Waals surface area contributed by atoms with Gasteiger partial charge in [-0.1, -0.05) is 18.2 Å². The zero-order chi connectivity index (χ0) is 14.0. The van der Waals surface area contributed by atoms with E-state index >= 15 is 0 Å². The molecule has 1 aromatic heterocycles. The van der Waals surface area contributed by atoms with Gasteiger partial charge in [0.25, 0.3) is 5.91 Å². The maximum Gasteiger partial charge on any atom is 0.276 e. The standard InChI is InChI=1S/C14H17N3O2/c1-9-6-5-7-10(2)13(9)15-14(18)11-8-12(19-4)17(3)16-11/h5-8H,1-4H3,(H,15,18). The summed E-state index contributed by atoms with van der Waals surface area (Å²) in [6, 6.07) is 7.50. The van der Waals surface area contributed by atoms with E-state index in [2.05, 4.69) is 10.4 Å². The largest absolute Gasteiger partial charge is 0.481 e. The number of para-hydroxylation sites is 1. The van der Waals surface area contributed by atoms with Gasteiger partial charge in [-0.3, -0.25) is 4.79 Å². The molecule has 2 aromatic rings. The Morgan fingerprint density at radius 1 is 1.32 bits per heavy atom. The number of carbonyl (C=O) groups is 1. The van der Waals surface area contributed by atoms with Crippen molar-refractivity contribution in [2.75, 3.05) is 12.4 Å². The quantitative estimate of drug-likeness (QED) is 0.920. The molecule has 0 saturated carbocycles. The number of aryl methyl sites for hydroxylation is 3. The number of hydrogen-bond acceptors (Lipinski definition) is 3. The van der Waals surface area contributed by atoms with E-state index in [0.717, 1.165) is 16.8 Å². The average molecular weight is 259 g/mol. The molecule has 0 atom stereocenters. The second-order valence-corrected chi connectivity index (χ2v) is 4.42. The second kappa shape index (κ2) is 5.14.